The van der Waals surface area contributed by atoms with Crippen LogP contribution in [0.5, 0.6) is 5.75 Å². The van der Waals surface area contributed by atoms with Crippen molar-refractivity contribution in [1.29, 1.82) is 0 Å². The lowest BCUT2D eigenvalue weighted by Crippen LogP contribution is -2.34. The third-order valence-corrected chi connectivity index (χ3v) is 5.65. The standard InChI is InChI=1S/C21H19FN2O3S2/c22-16-5-1-15(2-6-16)13-18-20(27)24(21(28)29-18)12-10-19(26)23-11-9-14-3-7-17(25)8-4-14/h1-8,13,25H,9-12H2,(H,23,26). The molecule has 1 aliphatic rings. The van der Waals surface area contributed by atoms with E-state index >= 15 is 0 Å². The van der Waals surface area contributed by atoms with E-state index in [4.69, 9.17) is 12.2 Å². The van der Waals surface area contributed by atoms with Crippen molar-refractivity contribution in [2.24, 2.45) is 0 Å². The van der Waals surface area contributed by atoms with Crippen molar-refractivity contribution in [2.45, 2.75) is 12.8 Å². The Morgan fingerprint density at radius 3 is 2.55 bits per heavy atom. The molecule has 2 aromatic carbocycles. The summed E-state index contributed by atoms with van der Waals surface area (Å²) >= 11 is 6.43. The van der Waals surface area contributed by atoms with Crippen molar-refractivity contribution in [3.05, 3.63) is 70.4 Å². The number of nitrogens with one attached hydrogen (secondary N) is 1. The van der Waals surface area contributed by atoms with Crippen molar-refractivity contribution in [3.8, 4) is 5.75 Å². The number of thioether (sulfide) groups is 1. The van der Waals surface area contributed by atoms with Crippen LogP contribution in [0.1, 0.15) is 17.5 Å². The zero-order valence-corrected chi connectivity index (χ0v) is 17.1. The molecule has 3 rings (SSSR count). The Morgan fingerprint density at radius 1 is 1.17 bits per heavy atom. The first-order chi connectivity index (χ1) is 13.9. The van der Waals surface area contributed by atoms with Crippen LogP contribution in [-0.2, 0) is 16.0 Å². The minimum absolute atomic E-state index is 0.145. The van der Waals surface area contributed by atoms with Gasteiger partial charge in [0, 0.05) is 19.5 Å². The Bertz CT molecular complexity index is 943. The zero-order chi connectivity index (χ0) is 20.8. The number of aromatic hydroxyl groups is 1. The molecule has 2 aromatic rings. The zero-order valence-electron chi connectivity index (χ0n) is 15.4. The average molecular weight is 431 g/mol. The first-order valence-corrected chi connectivity index (χ1v) is 10.2. The third kappa shape index (κ3) is 5.88. The number of thiocarbonyl (C=S) groups is 1. The molecule has 2 N–H and O–H groups in total. The lowest BCUT2D eigenvalue weighted by Gasteiger charge is -2.14. The summed E-state index contributed by atoms with van der Waals surface area (Å²) in [6.07, 6.45) is 2.45. The number of carbonyl (C=O) groups is 2. The molecule has 0 spiro atoms. The van der Waals surface area contributed by atoms with E-state index in [1.807, 2.05) is 0 Å². The topological polar surface area (TPSA) is 69.6 Å². The summed E-state index contributed by atoms with van der Waals surface area (Å²) in [5, 5.41) is 12.1. The average Bonchev–Trinajstić information content (AvgIpc) is 2.96. The van der Waals surface area contributed by atoms with E-state index in [2.05, 4.69) is 5.32 Å². The van der Waals surface area contributed by atoms with Crippen LogP contribution in [0.3, 0.4) is 0 Å². The number of phenols is 1. The van der Waals surface area contributed by atoms with Crippen LogP contribution in [0.2, 0.25) is 0 Å². The molecule has 1 saturated heterocycles. The molecule has 0 aromatic heterocycles. The molecule has 29 heavy (non-hydrogen) atoms. The molecule has 1 heterocycles. The first kappa shape index (κ1) is 21.0. The number of nitrogens with zero attached hydrogens (tertiary/aromatic N) is 1. The summed E-state index contributed by atoms with van der Waals surface area (Å²) in [4.78, 5) is 26.5. The van der Waals surface area contributed by atoms with E-state index in [-0.39, 0.29) is 36.3 Å². The first-order valence-electron chi connectivity index (χ1n) is 8.98. The Hall–Kier alpha value is -2.71. The van der Waals surface area contributed by atoms with Gasteiger partial charge in [-0.05, 0) is 47.9 Å². The summed E-state index contributed by atoms with van der Waals surface area (Å²) in [6, 6.07) is 12.6. The second kappa shape index (κ2) is 9.67. The van der Waals surface area contributed by atoms with Crippen molar-refractivity contribution >= 4 is 46.2 Å². The minimum atomic E-state index is -0.342. The van der Waals surface area contributed by atoms with E-state index in [0.29, 0.717) is 27.8 Å². The van der Waals surface area contributed by atoms with Gasteiger partial charge in [-0.2, -0.15) is 0 Å². The molecule has 2 amide bonds. The fourth-order valence-electron chi connectivity index (χ4n) is 2.71. The Morgan fingerprint density at radius 2 is 1.86 bits per heavy atom. The highest BCUT2D eigenvalue weighted by Crippen LogP contribution is 2.32. The largest absolute Gasteiger partial charge is 0.508 e. The van der Waals surface area contributed by atoms with Crippen LogP contribution >= 0.6 is 24.0 Å². The van der Waals surface area contributed by atoms with Gasteiger partial charge in [-0.15, -0.1) is 0 Å². The van der Waals surface area contributed by atoms with Gasteiger partial charge in [-0.1, -0.05) is 48.2 Å². The van der Waals surface area contributed by atoms with E-state index in [0.717, 1.165) is 5.56 Å². The van der Waals surface area contributed by atoms with Crippen LogP contribution in [0, 0.1) is 5.82 Å². The van der Waals surface area contributed by atoms with Crippen molar-refractivity contribution in [2.75, 3.05) is 13.1 Å². The summed E-state index contributed by atoms with van der Waals surface area (Å²) in [5.74, 6) is -0.553. The molecule has 8 heteroatoms. The SMILES string of the molecule is O=C(CCN1C(=O)C(=Cc2ccc(F)cc2)SC1=S)NCCc1ccc(O)cc1. The Balaban J connectivity index is 1.47. The molecule has 1 fully saturated rings. The monoisotopic (exact) mass is 430 g/mol. The maximum Gasteiger partial charge on any atom is 0.266 e. The summed E-state index contributed by atoms with van der Waals surface area (Å²) in [5.41, 5.74) is 1.71. The number of benzene rings is 2. The van der Waals surface area contributed by atoms with Gasteiger partial charge in [0.05, 0.1) is 4.91 Å². The smallest absolute Gasteiger partial charge is 0.266 e. The molecule has 0 unspecified atom stereocenters. The summed E-state index contributed by atoms with van der Waals surface area (Å²) in [6.45, 7) is 0.670. The number of rotatable bonds is 7. The van der Waals surface area contributed by atoms with Crippen LogP contribution in [-0.4, -0.2) is 39.2 Å². The molecule has 5 nitrogen and oxygen atoms in total. The molecule has 0 radical (unpaired) electrons. The number of halogens is 1. The second-order valence-corrected chi connectivity index (χ2v) is 8.08. The number of hydrogen-bond donors (Lipinski definition) is 2. The number of phenolic OH excluding ortho intramolecular Hbond substituents is 1. The van der Waals surface area contributed by atoms with E-state index < -0.39 is 0 Å². The minimum Gasteiger partial charge on any atom is -0.508 e. The lowest BCUT2D eigenvalue weighted by atomic mass is 10.1. The van der Waals surface area contributed by atoms with Crippen LogP contribution in [0.4, 0.5) is 4.39 Å². The molecule has 1 aliphatic heterocycles. The van der Waals surface area contributed by atoms with Gasteiger partial charge in [0.15, 0.2) is 0 Å². The van der Waals surface area contributed by atoms with Gasteiger partial charge < -0.3 is 10.4 Å². The highest BCUT2D eigenvalue weighted by molar-refractivity contribution is 8.26. The third-order valence-electron chi connectivity index (χ3n) is 4.28. The number of hydrogen-bond acceptors (Lipinski definition) is 5. The predicted octanol–water partition coefficient (Wildman–Crippen LogP) is 3.48. The van der Waals surface area contributed by atoms with Gasteiger partial charge in [0.25, 0.3) is 5.91 Å². The normalized spacial score (nSPS) is 15.2. The number of carbonyl (C=O) groups excluding carboxylic acids is 2. The van der Waals surface area contributed by atoms with Crippen molar-refractivity contribution < 1.29 is 19.1 Å². The number of amides is 2. The maximum atomic E-state index is 13.0. The highest BCUT2D eigenvalue weighted by atomic mass is 32.2. The molecule has 0 aliphatic carbocycles. The maximum absolute atomic E-state index is 13.0. The molecule has 150 valence electrons. The summed E-state index contributed by atoms with van der Waals surface area (Å²) in [7, 11) is 0. The molecule has 0 saturated carbocycles. The highest BCUT2D eigenvalue weighted by Gasteiger charge is 2.32. The molecular weight excluding hydrogens is 411 g/mol. The molecule has 0 bridgehead atoms. The van der Waals surface area contributed by atoms with Gasteiger partial charge in [-0.25, -0.2) is 4.39 Å². The Kier molecular flexibility index (Phi) is 7.00. The summed E-state index contributed by atoms with van der Waals surface area (Å²) < 4.78 is 13.4. The van der Waals surface area contributed by atoms with Crippen LogP contribution < -0.4 is 5.32 Å². The van der Waals surface area contributed by atoms with Gasteiger partial charge >= 0.3 is 0 Å². The lowest BCUT2D eigenvalue weighted by molar-refractivity contribution is -0.123. The molecular formula is C21H19FN2O3S2. The fourth-order valence-corrected chi connectivity index (χ4v) is 4.02. The van der Waals surface area contributed by atoms with E-state index in [1.54, 1.807) is 42.5 Å². The van der Waals surface area contributed by atoms with Crippen molar-refractivity contribution in [1.82, 2.24) is 10.2 Å². The van der Waals surface area contributed by atoms with E-state index in [1.165, 1.54) is 28.8 Å². The van der Waals surface area contributed by atoms with Crippen LogP contribution in [0.15, 0.2) is 53.4 Å². The molecule has 0 atom stereocenters. The fraction of sp³-hybridized carbons (Fsp3) is 0.190. The quantitative estimate of drug-likeness (QED) is 0.520. The van der Waals surface area contributed by atoms with Gasteiger partial charge in [-0.3, -0.25) is 14.5 Å². The van der Waals surface area contributed by atoms with E-state index in [9.17, 15) is 19.1 Å². The predicted molar refractivity (Wildman–Crippen MR) is 116 cm³/mol. The Labute approximate surface area is 177 Å². The van der Waals surface area contributed by atoms with Gasteiger partial charge in [0.2, 0.25) is 5.91 Å². The second-order valence-electron chi connectivity index (χ2n) is 6.40. The van der Waals surface area contributed by atoms with Crippen molar-refractivity contribution in [3.63, 3.8) is 0 Å². The van der Waals surface area contributed by atoms with Crippen LogP contribution in [0.25, 0.3) is 6.08 Å². The van der Waals surface area contributed by atoms with Gasteiger partial charge in [0.1, 0.15) is 15.9 Å².